The summed E-state index contributed by atoms with van der Waals surface area (Å²) >= 11 is 0. The molecule has 0 aromatic carbocycles. The molecule has 0 fully saturated rings. The summed E-state index contributed by atoms with van der Waals surface area (Å²) in [5.41, 5.74) is 0. The topological polar surface area (TPSA) is 12.0 Å². The second-order valence-electron chi connectivity index (χ2n) is 4.52. The molecule has 0 aromatic heterocycles. The van der Waals surface area contributed by atoms with Crippen LogP contribution in [0.1, 0.15) is 52.9 Å². The number of nitrogens with one attached hydrogen (secondary N) is 1. The summed E-state index contributed by atoms with van der Waals surface area (Å²) in [5.74, 6) is 1.83. The van der Waals surface area contributed by atoms with Gasteiger partial charge in [-0.2, -0.15) is 0 Å². The fourth-order valence-electron chi connectivity index (χ4n) is 1.76. The number of rotatable bonds is 8. The highest BCUT2D eigenvalue weighted by Gasteiger charge is 2.07. The van der Waals surface area contributed by atoms with Crippen LogP contribution >= 0.6 is 0 Å². The van der Waals surface area contributed by atoms with Gasteiger partial charge in [0.1, 0.15) is 0 Å². The lowest BCUT2D eigenvalue weighted by molar-refractivity contribution is 0.372. The number of hydrogen-bond acceptors (Lipinski definition) is 1. The van der Waals surface area contributed by atoms with E-state index in [1.807, 2.05) is 7.05 Å². The molecule has 1 nitrogen and oxygen atoms in total. The van der Waals surface area contributed by atoms with Crippen molar-refractivity contribution in [3.05, 3.63) is 0 Å². The maximum absolute atomic E-state index is 3.24. The average molecular weight is 185 g/mol. The van der Waals surface area contributed by atoms with Gasteiger partial charge < -0.3 is 5.32 Å². The third-order valence-corrected chi connectivity index (χ3v) is 2.65. The van der Waals surface area contributed by atoms with E-state index in [4.69, 9.17) is 0 Å². The summed E-state index contributed by atoms with van der Waals surface area (Å²) in [5, 5.41) is 3.24. The SMILES string of the molecule is CCCC(CCNC)CCC(C)C. The lowest BCUT2D eigenvalue weighted by Gasteiger charge is -2.16. The van der Waals surface area contributed by atoms with Crippen molar-refractivity contribution < 1.29 is 0 Å². The molecule has 0 bridgehead atoms. The van der Waals surface area contributed by atoms with Gasteiger partial charge in [-0.3, -0.25) is 0 Å². The van der Waals surface area contributed by atoms with Crippen LogP contribution < -0.4 is 5.32 Å². The van der Waals surface area contributed by atoms with Gasteiger partial charge in [0.25, 0.3) is 0 Å². The molecule has 0 amide bonds. The van der Waals surface area contributed by atoms with Crippen LogP contribution in [0.2, 0.25) is 0 Å². The van der Waals surface area contributed by atoms with Crippen molar-refractivity contribution in [3.63, 3.8) is 0 Å². The molecule has 0 aliphatic carbocycles. The highest BCUT2D eigenvalue weighted by atomic mass is 14.8. The Kier molecular flexibility index (Phi) is 8.53. The molecule has 0 aromatic rings. The molecule has 0 saturated carbocycles. The Morgan fingerprint density at radius 1 is 1.00 bits per heavy atom. The Bertz CT molecular complexity index is 99.3. The van der Waals surface area contributed by atoms with E-state index in [0.717, 1.165) is 11.8 Å². The zero-order valence-electron chi connectivity index (χ0n) is 9.90. The highest BCUT2D eigenvalue weighted by molar-refractivity contribution is 4.61. The van der Waals surface area contributed by atoms with Crippen molar-refractivity contribution in [2.24, 2.45) is 11.8 Å². The minimum absolute atomic E-state index is 0.869. The molecular weight excluding hydrogens is 158 g/mol. The predicted molar refractivity (Wildman–Crippen MR) is 61.0 cm³/mol. The third-order valence-electron chi connectivity index (χ3n) is 2.65. The molecule has 13 heavy (non-hydrogen) atoms. The van der Waals surface area contributed by atoms with E-state index in [2.05, 4.69) is 26.1 Å². The van der Waals surface area contributed by atoms with Crippen molar-refractivity contribution in [1.82, 2.24) is 5.32 Å². The summed E-state index contributed by atoms with van der Waals surface area (Å²) < 4.78 is 0. The molecule has 1 unspecified atom stereocenters. The number of hydrogen-bond donors (Lipinski definition) is 1. The van der Waals surface area contributed by atoms with Gasteiger partial charge in [-0.1, -0.05) is 46.5 Å². The smallest absolute Gasteiger partial charge is 0.00493 e. The van der Waals surface area contributed by atoms with Gasteiger partial charge in [-0.25, -0.2) is 0 Å². The standard InChI is InChI=1S/C12H27N/c1-5-6-12(9-10-13-4)8-7-11(2)3/h11-13H,5-10H2,1-4H3. The van der Waals surface area contributed by atoms with Crippen LogP contribution in [0, 0.1) is 11.8 Å². The molecule has 0 heterocycles. The molecule has 0 rings (SSSR count). The van der Waals surface area contributed by atoms with E-state index < -0.39 is 0 Å². The van der Waals surface area contributed by atoms with E-state index in [9.17, 15) is 0 Å². The largest absolute Gasteiger partial charge is 0.320 e. The molecule has 80 valence electrons. The lowest BCUT2D eigenvalue weighted by Crippen LogP contribution is -2.13. The summed E-state index contributed by atoms with van der Waals surface area (Å²) in [4.78, 5) is 0. The highest BCUT2D eigenvalue weighted by Crippen LogP contribution is 2.19. The van der Waals surface area contributed by atoms with Crippen LogP contribution in [0.25, 0.3) is 0 Å². The predicted octanol–water partition coefficient (Wildman–Crippen LogP) is 3.45. The molecule has 0 aliphatic heterocycles. The van der Waals surface area contributed by atoms with Crippen LogP contribution in [0.4, 0.5) is 0 Å². The molecule has 1 atom stereocenters. The molecule has 0 aliphatic rings. The van der Waals surface area contributed by atoms with Crippen molar-refractivity contribution in [2.45, 2.75) is 52.9 Å². The summed E-state index contributed by atoms with van der Waals surface area (Å²) in [6.07, 6.45) is 6.93. The van der Waals surface area contributed by atoms with Gasteiger partial charge in [0.15, 0.2) is 0 Å². The van der Waals surface area contributed by atoms with E-state index in [0.29, 0.717) is 0 Å². The first kappa shape index (κ1) is 13.0. The zero-order chi connectivity index (χ0) is 10.1. The zero-order valence-corrected chi connectivity index (χ0v) is 9.90. The first-order valence-corrected chi connectivity index (χ1v) is 5.85. The first-order chi connectivity index (χ1) is 6.20. The van der Waals surface area contributed by atoms with E-state index in [1.165, 1.54) is 38.6 Å². The van der Waals surface area contributed by atoms with Gasteiger partial charge in [0.2, 0.25) is 0 Å². The Balaban J connectivity index is 3.53. The third kappa shape index (κ3) is 8.29. The van der Waals surface area contributed by atoms with E-state index in [-0.39, 0.29) is 0 Å². The maximum atomic E-state index is 3.24. The monoisotopic (exact) mass is 185 g/mol. The van der Waals surface area contributed by atoms with Crippen LogP contribution in [0.3, 0.4) is 0 Å². The molecule has 1 N–H and O–H groups in total. The quantitative estimate of drug-likeness (QED) is 0.611. The van der Waals surface area contributed by atoms with Gasteiger partial charge in [-0.15, -0.1) is 0 Å². The lowest BCUT2D eigenvalue weighted by atomic mass is 9.91. The fraction of sp³-hybridized carbons (Fsp3) is 1.00. The average Bonchev–Trinajstić information content (AvgIpc) is 2.09. The van der Waals surface area contributed by atoms with Crippen LogP contribution in [0.5, 0.6) is 0 Å². The molecule has 1 heteroatoms. The second-order valence-corrected chi connectivity index (χ2v) is 4.52. The summed E-state index contributed by atoms with van der Waals surface area (Å²) in [6, 6.07) is 0. The van der Waals surface area contributed by atoms with Crippen molar-refractivity contribution >= 4 is 0 Å². The Morgan fingerprint density at radius 2 is 1.69 bits per heavy atom. The fourth-order valence-corrected chi connectivity index (χ4v) is 1.76. The molecule has 0 saturated heterocycles. The van der Waals surface area contributed by atoms with Gasteiger partial charge in [0.05, 0.1) is 0 Å². The van der Waals surface area contributed by atoms with Crippen LogP contribution in [-0.4, -0.2) is 13.6 Å². The van der Waals surface area contributed by atoms with E-state index >= 15 is 0 Å². The van der Waals surface area contributed by atoms with Gasteiger partial charge in [0, 0.05) is 0 Å². The van der Waals surface area contributed by atoms with Crippen molar-refractivity contribution in [2.75, 3.05) is 13.6 Å². The second kappa shape index (κ2) is 8.55. The van der Waals surface area contributed by atoms with Crippen LogP contribution in [-0.2, 0) is 0 Å². The van der Waals surface area contributed by atoms with Gasteiger partial charge in [-0.05, 0) is 31.8 Å². The summed E-state index contributed by atoms with van der Waals surface area (Å²) in [7, 11) is 2.05. The molecule has 0 spiro atoms. The van der Waals surface area contributed by atoms with Crippen molar-refractivity contribution in [1.29, 1.82) is 0 Å². The first-order valence-electron chi connectivity index (χ1n) is 5.85. The normalized spacial score (nSPS) is 13.6. The van der Waals surface area contributed by atoms with Gasteiger partial charge >= 0.3 is 0 Å². The Morgan fingerprint density at radius 3 is 2.15 bits per heavy atom. The molecular formula is C12H27N. The maximum Gasteiger partial charge on any atom is -0.00493 e. The summed E-state index contributed by atoms with van der Waals surface area (Å²) in [6.45, 7) is 8.12. The Hall–Kier alpha value is -0.0400. The minimum atomic E-state index is 0.869. The van der Waals surface area contributed by atoms with Crippen LogP contribution in [0.15, 0.2) is 0 Å². The van der Waals surface area contributed by atoms with E-state index in [1.54, 1.807) is 0 Å². The minimum Gasteiger partial charge on any atom is -0.320 e. The van der Waals surface area contributed by atoms with Crippen molar-refractivity contribution in [3.8, 4) is 0 Å². The Labute approximate surface area is 84.3 Å². The molecule has 0 radical (unpaired) electrons.